The minimum absolute atomic E-state index is 0.0179. The maximum Gasteiger partial charge on any atom is 0.330 e. The molecule has 6 rings (SSSR count). The summed E-state index contributed by atoms with van der Waals surface area (Å²) in [5.74, 6) is 3.48. The quantitative estimate of drug-likeness (QED) is 0.200. The maximum atomic E-state index is 13.0. The number of methoxy groups -OCH3 is 1. The maximum absolute atomic E-state index is 13.0. The molecule has 4 nitrogen and oxygen atoms in total. The van der Waals surface area contributed by atoms with Gasteiger partial charge in [0.2, 0.25) is 0 Å². The molecule has 0 saturated heterocycles. The first-order valence-electron chi connectivity index (χ1n) is 17.5. The summed E-state index contributed by atoms with van der Waals surface area (Å²) in [6, 6.07) is 7.72. The average molecular weight is 603 g/mol. The van der Waals surface area contributed by atoms with E-state index in [1.54, 1.807) is 13.2 Å². The summed E-state index contributed by atoms with van der Waals surface area (Å²) in [6.45, 7) is 19.9. The van der Waals surface area contributed by atoms with Crippen LogP contribution in [0.25, 0.3) is 6.08 Å². The molecule has 4 heteroatoms. The highest BCUT2D eigenvalue weighted by atomic mass is 16.5. The second kappa shape index (κ2) is 11.0. The van der Waals surface area contributed by atoms with Gasteiger partial charge in [-0.25, -0.2) is 4.79 Å². The molecule has 1 aromatic rings. The van der Waals surface area contributed by atoms with Gasteiger partial charge < -0.3 is 14.6 Å². The molecular weight excluding hydrogens is 544 g/mol. The second-order valence-corrected chi connectivity index (χ2v) is 17.1. The lowest BCUT2D eigenvalue weighted by atomic mass is 9.32. The number of carbonyl (C=O) groups is 1. The normalized spacial score (nSPS) is 44.2. The van der Waals surface area contributed by atoms with Gasteiger partial charge in [-0.3, -0.25) is 0 Å². The molecule has 5 fully saturated rings. The molecule has 44 heavy (non-hydrogen) atoms. The molecule has 0 aromatic heterocycles. The molecule has 0 heterocycles. The van der Waals surface area contributed by atoms with Crippen LogP contribution in [0, 0.1) is 56.7 Å². The molecule has 1 N–H and O–H groups in total. The van der Waals surface area contributed by atoms with Crippen LogP contribution < -0.4 is 4.74 Å². The number of hydrogen-bond donors (Lipinski definition) is 1. The second-order valence-electron chi connectivity index (χ2n) is 17.1. The first-order chi connectivity index (χ1) is 20.7. The molecule has 0 spiro atoms. The Bertz CT molecular complexity index is 1290. The van der Waals surface area contributed by atoms with Crippen LogP contribution in [0.1, 0.15) is 111 Å². The van der Waals surface area contributed by atoms with Crippen molar-refractivity contribution in [1.29, 1.82) is 0 Å². The first-order valence-corrected chi connectivity index (χ1v) is 17.5. The van der Waals surface area contributed by atoms with E-state index < -0.39 is 0 Å². The number of carbonyl (C=O) groups excluding carboxylic acids is 1. The lowest BCUT2D eigenvalue weighted by Gasteiger charge is -2.73. The van der Waals surface area contributed by atoms with E-state index >= 15 is 0 Å². The molecule has 1 aromatic carbocycles. The van der Waals surface area contributed by atoms with Crippen LogP contribution in [-0.4, -0.2) is 30.9 Å². The van der Waals surface area contributed by atoms with Crippen LogP contribution in [0.2, 0.25) is 0 Å². The number of aliphatic hydroxyl groups is 1. The fourth-order valence-corrected chi connectivity index (χ4v) is 12.7. The average Bonchev–Trinajstić information content (AvgIpc) is 3.38. The minimum Gasteiger partial charge on any atom is -0.497 e. The van der Waals surface area contributed by atoms with E-state index in [-0.39, 0.29) is 39.1 Å². The predicted molar refractivity (Wildman–Crippen MR) is 178 cm³/mol. The number of rotatable bonds is 6. The summed E-state index contributed by atoms with van der Waals surface area (Å²) in [6.07, 6.45) is 15.0. The summed E-state index contributed by atoms with van der Waals surface area (Å²) in [5, 5.41) is 11.0. The molecule has 0 amide bonds. The zero-order chi connectivity index (χ0) is 31.7. The monoisotopic (exact) mass is 602 g/mol. The fourth-order valence-electron chi connectivity index (χ4n) is 12.7. The zero-order valence-corrected chi connectivity index (χ0v) is 28.6. The third-order valence-corrected chi connectivity index (χ3v) is 15.2. The van der Waals surface area contributed by atoms with E-state index in [1.807, 2.05) is 30.3 Å². The van der Waals surface area contributed by atoms with E-state index in [0.717, 1.165) is 43.4 Å². The van der Waals surface area contributed by atoms with Gasteiger partial charge >= 0.3 is 5.97 Å². The molecule has 0 aliphatic heterocycles. The third-order valence-electron chi connectivity index (χ3n) is 15.2. The Hall–Kier alpha value is -2.07. The number of hydrogen-bond acceptors (Lipinski definition) is 4. The lowest BCUT2D eigenvalue weighted by Crippen LogP contribution is -2.66. The highest BCUT2D eigenvalue weighted by Gasteiger charge is 2.71. The van der Waals surface area contributed by atoms with Gasteiger partial charge in [0.05, 0.1) is 19.8 Å². The molecule has 0 bridgehead atoms. The third kappa shape index (κ3) is 4.66. The Morgan fingerprint density at radius 2 is 1.64 bits per heavy atom. The van der Waals surface area contributed by atoms with E-state index in [9.17, 15) is 9.90 Å². The Morgan fingerprint density at radius 3 is 2.32 bits per heavy atom. The van der Waals surface area contributed by atoms with Gasteiger partial charge in [-0.1, -0.05) is 58.9 Å². The minimum atomic E-state index is -0.245. The smallest absolute Gasteiger partial charge is 0.330 e. The molecule has 5 aliphatic rings. The molecule has 10 atom stereocenters. The Balaban J connectivity index is 1.25. The first kappa shape index (κ1) is 31.9. The van der Waals surface area contributed by atoms with Gasteiger partial charge in [0.25, 0.3) is 0 Å². The fraction of sp³-hybridized carbons (Fsp3) is 0.725. The summed E-state index contributed by atoms with van der Waals surface area (Å²) >= 11 is 0. The van der Waals surface area contributed by atoms with Crippen LogP contribution in [-0.2, 0) is 9.53 Å². The number of esters is 1. The topological polar surface area (TPSA) is 55.8 Å². The molecule has 5 saturated carbocycles. The van der Waals surface area contributed by atoms with E-state index in [2.05, 4.69) is 48.1 Å². The number of benzene rings is 1. The number of fused-ring (bicyclic) bond motifs is 7. The van der Waals surface area contributed by atoms with Crippen LogP contribution in [0.4, 0.5) is 0 Å². The van der Waals surface area contributed by atoms with Crippen molar-refractivity contribution in [2.75, 3.05) is 13.7 Å². The summed E-state index contributed by atoms with van der Waals surface area (Å²) in [4.78, 5) is 13.0. The summed E-state index contributed by atoms with van der Waals surface area (Å²) < 4.78 is 11.4. The predicted octanol–water partition coefficient (Wildman–Crippen LogP) is 9.27. The van der Waals surface area contributed by atoms with Gasteiger partial charge in [-0.05, 0) is 146 Å². The highest BCUT2D eigenvalue weighted by molar-refractivity contribution is 5.87. The zero-order valence-electron chi connectivity index (χ0n) is 28.6. The largest absolute Gasteiger partial charge is 0.497 e. The Labute approximate surface area is 267 Å². The summed E-state index contributed by atoms with van der Waals surface area (Å²) in [7, 11) is 1.66. The SMILES string of the molecule is C=C(C)[C@@H]1CC[C@]2(COC(=O)/C=C/c3ccc(OC)cc3)CC[C@]3(C)C(CC[C@@H]4[C@@]5(C)CC[C@H](O)C(C)(C)C5CC[C@]43C)[C@H]12. The van der Waals surface area contributed by atoms with Gasteiger partial charge in [-0.2, -0.15) is 0 Å². The van der Waals surface area contributed by atoms with Crippen molar-refractivity contribution in [2.24, 2.45) is 56.7 Å². The number of ether oxygens (including phenoxy) is 2. The van der Waals surface area contributed by atoms with Gasteiger partial charge in [0, 0.05) is 11.5 Å². The van der Waals surface area contributed by atoms with Gasteiger partial charge in [0.1, 0.15) is 5.75 Å². The van der Waals surface area contributed by atoms with Crippen LogP contribution in [0.3, 0.4) is 0 Å². The molecular formula is C40H58O4. The van der Waals surface area contributed by atoms with Gasteiger partial charge in [-0.15, -0.1) is 0 Å². The molecule has 0 radical (unpaired) electrons. The van der Waals surface area contributed by atoms with Gasteiger partial charge in [0.15, 0.2) is 0 Å². The Kier molecular flexibility index (Phi) is 7.99. The van der Waals surface area contributed by atoms with E-state index in [4.69, 9.17) is 9.47 Å². The number of allylic oxidation sites excluding steroid dienone is 1. The Morgan fingerprint density at radius 1 is 0.909 bits per heavy atom. The van der Waals surface area contributed by atoms with Crippen molar-refractivity contribution in [1.82, 2.24) is 0 Å². The van der Waals surface area contributed by atoms with Crippen molar-refractivity contribution in [2.45, 2.75) is 112 Å². The highest BCUT2D eigenvalue weighted by Crippen LogP contribution is 2.77. The number of aliphatic hydroxyl groups excluding tert-OH is 1. The van der Waals surface area contributed by atoms with Crippen molar-refractivity contribution < 1.29 is 19.4 Å². The van der Waals surface area contributed by atoms with Crippen molar-refractivity contribution in [3.8, 4) is 5.75 Å². The van der Waals surface area contributed by atoms with Crippen LogP contribution in [0.15, 0.2) is 42.5 Å². The summed E-state index contributed by atoms with van der Waals surface area (Å²) in [5.41, 5.74) is 3.13. The van der Waals surface area contributed by atoms with Crippen LogP contribution >= 0.6 is 0 Å². The molecule has 2 unspecified atom stereocenters. The van der Waals surface area contributed by atoms with Crippen molar-refractivity contribution in [3.63, 3.8) is 0 Å². The van der Waals surface area contributed by atoms with Crippen LogP contribution in [0.5, 0.6) is 5.75 Å². The molecule has 242 valence electrons. The lowest BCUT2D eigenvalue weighted by molar-refractivity contribution is -0.249. The van der Waals surface area contributed by atoms with E-state index in [1.165, 1.54) is 37.7 Å². The standard InChI is InChI=1S/C40H58O4/c1-26(2)29-17-22-40(25-44-34(42)16-11-27-9-12-28(43-8)13-10-27)24-23-38(6)30(35(29)40)14-15-32-37(5)20-19-33(41)36(3,4)31(37)18-21-39(32,38)7/h9-13,16,29-33,35,41H,1,14-15,17-25H2,2-8H3/b16-11+/t29-,30?,31?,32+,33-,35-,37-,38+,39+,40+/m0/s1. The van der Waals surface area contributed by atoms with Crippen molar-refractivity contribution >= 4 is 12.0 Å². The molecule has 5 aliphatic carbocycles. The van der Waals surface area contributed by atoms with E-state index in [0.29, 0.717) is 36.2 Å². The van der Waals surface area contributed by atoms with Crippen molar-refractivity contribution in [3.05, 3.63) is 48.1 Å².